The summed E-state index contributed by atoms with van der Waals surface area (Å²) in [6.45, 7) is 3.71. The van der Waals surface area contributed by atoms with Gasteiger partial charge in [-0.15, -0.1) is 11.3 Å². The van der Waals surface area contributed by atoms with Gasteiger partial charge < -0.3 is 14.6 Å². The zero-order valence-corrected chi connectivity index (χ0v) is 12.7. The Labute approximate surface area is 126 Å². The lowest BCUT2D eigenvalue weighted by Gasteiger charge is -2.30. The highest BCUT2D eigenvalue weighted by molar-refractivity contribution is 7.17. The van der Waals surface area contributed by atoms with Crippen LogP contribution in [0.1, 0.15) is 30.3 Å². The zero-order chi connectivity index (χ0) is 15.0. The Kier molecular flexibility index (Phi) is 3.71. The normalized spacial score (nSPS) is 19.1. The highest BCUT2D eigenvalue weighted by Gasteiger charge is 2.30. The number of aliphatic carboxylic acids is 1. The molecule has 0 radical (unpaired) electrons. The number of amides is 1. The van der Waals surface area contributed by atoms with E-state index in [2.05, 4.69) is 0 Å². The second-order valence-corrected chi connectivity index (χ2v) is 6.32. The van der Waals surface area contributed by atoms with E-state index in [1.54, 1.807) is 16.2 Å². The van der Waals surface area contributed by atoms with Crippen LogP contribution in [0.3, 0.4) is 0 Å². The Morgan fingerprint density at radius 2 is 2.29 bits per heavy atom. The molecule has 1 N–H and O–H groups in total. The molecule has 1 fully saturated rings. The first-order valence-electron chi connectivity index (χ1n) is 7.20. The topological polar surface area (TPSA) is 62.5 Å². The van der Waals surface area contributed by atoms with Gasteiger partial charge >= 0.3 is 5.97 Å². The number of aromatic nitrogens is 1. The van der Waals surface area contributed by atoms with Crippen molar-refractivity contribution in [2.24, 2.45) is 5.92 Å². The number of thiophene rings is 1. The smallest absolute Gasteiger partial charge is 0.308 e. The monoisotopic (exact) mass is 306 g/mol. The first kappa shape index (κ1) is 14.1. The number of carbonyl (C=O) groups excluding carboxylic acids is 1. The molecule has 1 saturated heterocycles. The van der Waals surface area contributed by atoms with Gasteiger partial charge in [-0.2, -0.15) is 0 Å². The van der Waals surface area contributed by atoms with Crippen molar-refractivity contribution < 1.29 is 14.7 Å². The molecule has 2 aromatic heterocycles. The van der Waals surface area contributed by atoms with Gasteiger partial charge in [0.15, 0.2) is 0 Å². The Morgan fingerprint density at radius 1 is 1.48 bits per heavy atom. The van der Waals surface area contributed by atoms with Gasteiger partial charge in [0.2, 0.25) is 0 Å². The second-order valence-electron chi connectivity index (χ2n) is 5.37. The van der Waals surface area contributed by atoms with Crippen LogP contribution in [-0.2, 0) is 11.3 Å². The molecule has 1 amide bonds. The molecule has 0 aromatic carbocycles. The number of carboxylic acids is 1. The van der Waals surface area contributed by atoms with Gasteiger partial charge in [-0.3, -0.25) is 9.59 Å². The summed E-state index contributed by atoms with van der Waals surface area (Å²) in [6.07, 6.45) is 1.41. The summed E-state index contributed by atoms with van der Waals surface area (Å²) in [5.74, 6) is -1.29. The lowest BCUT2D eigenvalue weighted by Crippen LogP contribution is -2.42. The summed E-state index contributed by atoms with van der Waals surface area (Å²) < 4.78 is 3.12. The Hall–Kier alpha value is -1.82. The van der Waals surface area contributed by atoms with Crippen molar-refractivity contribution in [2.45, 2.75) is 26.3 Å². The lowest BCUT2D eigenvalue weighted by molar-refractivity contribution is -0.143. The molecule has 6 heteroatoms. The van der Waals surface area contributed by atoms with Gasteiger partial charge in [0.25, 0.3) is 5.91 Å². The van der Waals surface area contributed by atoms with Crippen LogP contribution >= 0.6 is 11.3 Å². The van der Waals surface area contributed by atoms with Crippen LogP contribution in [0.15, 0.2) is 17.5 Å². The van der Waals surface area contributed by atoms with E-state index in [0.717, 1.165) is 23.2 Å². The molecule has 21 heavy (non-hydrogen) atoms. The fourth-order valence-corrected chi connectivity index (χ4v) is 3.84. The zero-order valence-electron chi connectivity index (χ0n) is 11.9. The molecular weight excluding hydrogens is 288 g/mol. The summed E-state index contributed by atoms with van der Waals surface area (Å²) in [5, 5.41) is 11.2. The summed E-state index contributed by atoms with van der Waals surface area (Å²) >= 11 is 1.62. The maximum atomic E-state index is 12.7. The number of carboxylic acid groups (broad SMARTS) is 1. The molecule has 1 atom stereocenters. The molecule has 2 aromatic rings. The predicted octanol–water partition coefficient (Wildman–Crippen LogP) is 2.66. The summed E-state index contributed by atoms with van der Waals surface area (Å²) in [7, 11) is 0. The fraction of sp³-hybridized carbons (Fsp3) is 0.467. The quantitative estimate of drug-likeness (QED) is 0.948. The van der Waals surface area contributed by atoms with E-state index in [1.807, 2.05) is 29.0 Å². The fourth-order valence-electron chi connectivity index (χ4n) is 3.02. The van der Waals surface area contributed by atoms with Gasteiger partial charge in [-0.25, -0.2) is 0 Å². The Bertz CT molecular complexity index is 688. The molecule has 0 bridgehead atoms. The maximum Gasteiger partial charge on any atom is 0.308 e. The molecule has 1 aliphatic rings. The van der Waals surface area contributed by atoms with E-state index in [4.69, 9.17) is 5.11 Å². The van der Waals surface area contributed by atoms with Gasteiger partial charge in [0.05, 0.1) is 16.1 Å². The van der Waals surface area contributed by atoms with E-state index in [9.17, 15) is 9.59 Å². The summed E-state index contributed by atoms with van der Waals surface area (Å²) in [6, 6.07) is 3.95. The number of fused-ring (bicyclic) bond motifs is 1. The van der Waals surface area contributed by atoms with Crippen molar-refractivity contribution in [1.29, 1.82) is 0 Å². The number of likely N-dealkylation sites (tertiary alicyclic amines) is 1. The van der Waals surface area contributed by atoms with E-state index in [-0.39, 0.29) is 5.91 Å². The second kappa shape index (κ2) is 5.52. The number of hydrogen-bond acceptors (Lipinski definition) is 3. The summed E-state index contributed by atoms with van der Waals surface area (Å²) in [4.78, 5) is 25.6. The first-order chi connectivity index (χ1) is 10.1. The van der Waals surface area contributed by atoms with E-state index >= 15 is 0 Å². The van der Waals surface area contributed by atoms with Gasteiger partial charge in [-0.1, -0.05) is 0 Å². The lowest BCUT2D eigenvalue weighted by atomic mass is 9.98. The Balaban J connectivity index is 1.89. The highest BCUT2D eigenvalue weighted by atomic mass is 32.1. The van der Waals surface area contributed by atoms with Crippen molar-refractivity contribution in [3.63, 3.8) is 0 Å². The molecule has 3 heterocycles. The van der Waals surface area contributed by atoms with E-state index in [0.29, 0.717) is 25.2 Å². The standard InChI is InChI=1S/C15H18N2O3S/c1-2-17-11-5-7-21-13(11)8-12(17)14(18)16-6-3-4-10(9-16)15(19)20/h5,7-8,10H,2-4,6,9H2,1H3,(H,19,20)/t10-/m1/s1. The van der Waals surface area contributed by atoms with Crippen molar-refractivity contribution in [3.05, 3.63) is 23.2 Å². The average molecular weight is 306 g/mol. The predicted molar refractivity (Wildman–Crippen MR) is 81.8 cm³/mol. The van der Waals surface area contributed by atoms with Gasteiger partial charge in [-0.05, 0) is 37.3 Å². The van der Waals surface area contributed by atoms with Crippen LogP contribution in [0.2, 0.25) is 0 Å². The minimum absolute atomic E-state index is 0.0498. The number of rotatable bonds is 3. The van der Waals surface area contributed by atoms with Gasteiger partial charge in [0, 0.05) is 19.6 Å². The SMILES string of the molecule is CCn1c(C(=O)N2CCC[C@@H](C(=O)O)C2)cc2sccc21. The number of nitrogens with zero attached hydrogens (tertiary/aromatic N) is 2. The van der Waals surface area contributed by atoms with Crippen molar-refractivity contribution in [3.8, 4) is 0 Å². The van der Waals surface area contributed by atoms with Gasteiger partial charge in [0.1, 0.15) is 5.69 Å². The molecule has 1 aliphatic heterocycles. The van der Waals surface area contributed by atoms with Crippen molar-refractivity contribution in [2.75, 3.05) is 13.1 Å². The largest absolute Gasteiger partial charge is 0.481 e. The average Bonchev–Trinajstić information content (AvgIpc) is 3.06. The van der Waals surface area contributed by atoms with E-state index < -0.39 is 11.9 Å². The number of aryl methyl sites for hydroxylation is 1. The minimum atomic E-state index is -0.806. The molecule has 0 aliphatic carbocycles. The van der Waals surface area contributed by atoms with Crippen LogP contribution in [-0.4, -0.2) is 39.5 Å². The molecule has 112 valence electrons. The minimum Gasteiger partial charge on any atom is -0.481 e. The van der Waals surface area contributed by atoms with Crippen molar-refractivity contribution in [1.82, 2.24) is 9.47 Å². The first-order valence-corrected chi connectivity index (χ1v) is 8.08. The van der Waals surface area contributed by atoms with Crippen LogP contribution in [0.4, 0.5) is 0 Å². The van der Waals surface area contributed by atoms with E-state index in [1.165, 1.54) is 0 Å². The number of hydrogen-bond donors (Lipinski definition) is 1. The van der Waals surface area contributed by atoms with Crippen molar-refractivity contribution >= 4 is 33.4 Å². The third kappa shape index (κ3) is 2.44. The van der Waals surface area contributed by atoms with Crippen LogP contribution in [0.5, 0.6) is 0 Å². The maximum absolute atomic E-state index is 12.7. The Morgan fingerprint density at radius 3 is 3.00 bits per heavy atom. The number of piperidine rings is 1. The number of carbonyl (C=O) groups is 2. The van der Waals surface area contributed by atoms with Crippen LogP contribution < -0.4 is 0 Å². The van der Waals surface area contributed by atoms with Crippen LogP contribution in [0, 0.1) is 5.92 Å². The molecule has 0 saturated carbocycles. The molecular formula is C15H18N2O3S. The van der Waals surface area contributed by atoms with Crippen LogP contribution in [0.25, 0.3) is 10.2 Å². The molecule has 3 rings (SSSR count). The summed E-state index contributed by atoms with van der Waals surface area (Å²) in [5.41, 5.74) is 1.75. The third-order valence-corrected chi connectivity index (χ3v) is 4.97. The molecule has 0 unspecified atom stereocenters. The third-order valence-electron chi connectivity index (χ3n) is 4.12. The molecule has 5 nitrogen and oxygen atoms in total. The molecule has 0 spiro atoms. The highest BCUT2D eigenvalue weighted by Crippen LogP contribution is 2.27.